The molecule has 25 heavy (non-hydrogen) atoms. The topological polar surface area (TPSA) is 75.2 Å². The van der Waals surface area contributed by atoms with Gasteiger partial charge in [0.05, 0.1) is 25.9 Å². The minimum atomic E-state index is 0.0571. The molecule has 1 amide bonds. The molecule has 0 aromatic rings. The number of carbonyl (C=O) groups is 1. The molecule has 0 aromatic carbocycles. The Hall–Kier alpha value is -1.34. The molecule has 2 rings (SSSR count). The van der Waals surface area contributed by atoms with Crippen LogP contribution in [0.4, 0.5) is 0 Å². The van der Waals surface area contributed by atoms with Crippen molar-refractivity contribution in [3.05, 3.63) is 0 Å². The molecule has 0 aromatic heterocycles. The standard InChI is InChI=1S/C18H34N4O3/c1-4-19-18(20-8-11-24-13-16-6-5-10-25-16)21-15-7-9-22(12-15)17(23)14(2)3/h14-16H,4-13H2,1-3H3,(H2,19,20,21). The van der Waals surface area contributed by atoms with Crippen LogP contribution in [-0.4, -0.2) is 74.9 Å². The largest absolute Gasteiger partial charge is 0.377 e. The van der Waals surface area contributed by atoms with Crippen LogP contribution in [0.15, 0.2) is 4.99 Å². The summed E-state index contributed by atoms with van der Waals surface area (Å²) >= 11 is 0. The second-order valence-corrected chi connectivity index (χ2v) is 7.04. The lowest BCUT2D eigenvalue weighted by atomic mass is 10.2. The second-order valence-electron chi connectivity index (χ2n) is 7.04. The molecule has 0 spiro atoms. The molecule has 2 N–H and O–H groups in total. The van der Waals surface area contributed by atoms with Crippen molar-refractivity contribution in [2.24, 2.45) is 10.9 Å². The summed E-state index contributed by atoms with van der Waals surface area (Å²) in [7, 11) is 0. The fourth-order valence-corrected chi connectivity index (χ4v) is 3.17. The molecule has 0 aliphatic carbocycles. The van der Waals surface area contributed by atoms with Crippen LogP contribution in [-0.2, 0) is 14.3 Å². The van der Waals surface area contributed by atoms with E-state index < -0.39 is 0 Å². The van der Waals surface area contributed by atoms with Gasteiger partial charge in [-0.3, -0.25) is 9.79 Å². The highest BCUT2D eigenvalue weighted by Crippen LogP contribution is 2.13. The van der Waals surface area contributed by atoms with Crippen molar-refractivity contribution in [3.63, 3.8) is 0 Å². The molecule has 2 atom stereocenters. The SMILES string of the molecule is CCNC(=NCCOCC1CCCO1)NC1CCN(C(=O)C(C)C)C1. The Kier molecular flexibility index (Phi) is 8.48. The average molecular weight is 354 g/mol. The van der Waals surface area contributed by atoms with Gasteiger partial charge in [-0.1, -0.05) is 13.8 Å². The van der Waals surface area contributed by atoms with Gasteiger partial charge >= 0.3 is 0 Å². The highest BCUT2D eigenvalue weighted by atomic mass is 16.5. The first-order chi connectivity index (χ1) is 12.1. The minimum Gasteiger partial charge on any atom is -0.377 e. The van der Waals surface area contributed by atoms with Crippen LogP contribution >= 0.6 is 0 Å². The van der Waals surface area contributed by atoms with E-state index >= 15 is 0 Å². The highest BCUT2D eigenvalue weighted by molar-refractivity contribution is 5.81. The van der Waals surface area contributed by atoms with Crippen LogP contribution in [0.2, 0.25) is 0 Å². The van der Waals surface area contributed by atoms with E-state index in [2.05, 4.69) is 15.6 Å². The molecule has 2 heterocycles. The van der Waals surface area contributed by atoms with Crippen LogP contribution in [0, 0.1) is 5.92 Å². The van der Waals surface area contributed by atoms with Gasteiger partial charge in [-0.15, -0.1) is 0 Å². The maximum absolute atomic E-state index is 12.1. The van der Waals surface area contributed by atoms with E-state index in [0.29, 0.717) is 19.8 Å². The Morgan fingerprint density at radius 1 is 1.40 bits per heavy atom. The number of carbonyl (C=O) groups excluding carboxylic acids is 1. The zero-order valence-corrected chi connectivity index (χ0v) is 15.9. The third-order valence-corrected chi connectivity index (χ3v) is 4.51. The Bertz CT molecular complexity index is 436. The monoisotopic (exact) mass is 354 g/mol. The second kappa shape index (κ2) is 10.6. The zero-order valence-electron chi connectivity index (χ0n) is 15.9. The van der Waals surface area contributed by atoms with Crippen molar-refractivity contribution in [1.29, 1.82) is 0 Å². The highest BCUT2D eigenvalue weighted by Gasteiger charge is 2.27. The maximum atomic E-state index is 12.1. The molecule has 0 bridgehead atoms. The van der Waals surface area contributed by atoms with Crippen molar-refractivity contribution in [2.75, 3.05) is 46.0 Å². The summed E-state index contributed by atoms with van der Waals surface area (Å²) in [6.45, 7) is 11.1. The average Bonchev–Trinajstić information content (AvgIpc) is 3.25. The zero-order chi connectivity index (χ0) is 18.1. The lowest BCUT2D eigenvalue weighted by Crippen LogP contribution is -2.45. The number of nitrogens with zero attached hydrogens (tertiary/aromatic N) is 2. The Morgan fingerprint density at radius 2 is 2.24 bits per heavy atom. The molecule has 7 heteroatoms. The van der Waals surface area contributed by atoms with Gasteiger partial charge in [-0.2, -0.15) is 0 Å². The number of guanidine groups is 1. The van der Waals surface area contributed by atoms with E-state index in [1.807, 2.05) is 25.7 Å². The molecule has 7 nitrogen and oxygen atoms in total. The summed E-state index contributed by atoms with van der Waals surface area (Å²) in [6, 6.07) is 0.258. The van der Waals surface area contributed by atoms with Gasteiger partial charge in [0.15, 0.2) is 5.96 Å². The van der Waals surface area contributed by atoms with Crippen LogP contribution < -0.4 is 10.6 Å². The molecule has 2 fully saturated rings. The van der Waals surface area contributed by atoms with Crippen molar-refractivity contribution in [2.45, 2.75) is 52.2 Å². The van der Waals surface area contributed by atoms with E-state index in [0.717, 1.165) is 51.5 Å². The third kappa shape index (κ3) is 6.82. The quantitative estimate of drug-likeness (QED) is 0.386. The van der Waals surface area contributed by atoms with Crippen molar-refractivity contribution in [1.82, 2.24) is 15.5 Å². The fraction of sp³-hybridized carbons (Fsp3) is 0.889. The third-order valence-electron chi connectivity index (χ3n) is 4.51. The van der Waals surface area contributed by atoms with Gasteiger partial charge in [0.25, 0.3) is 0 Å². The summed E-state index contributed by atoms with van der Waals surface area (Å²) in [5.41, 5.74) is 0. The fourth-order valence-electron chi connectivity index (χ4n) is 3.17. The van der Waals surface area contributed by atoms with Gasteiger partial charge in [0, 0.05) is 38.2 Å². The van der Waals surface area contributed by atoms with E-state index in [4.69, 9.17) is 9.47 Å². The van der Waals surface area contributed by atoms with Crippen molar-refractivity contribution in [3.8, 4) is 0 Å². The summed E-state index contributed by atoms with van der Waals surface area (Å²) < 4.78 is 11.2. The van der Waals surface area contributed by atoms with Crippen molar-refractivity contribution >= 4 is 11.9 Å². The molecule has 2 unspecified atom stereocenters. The first kappa shape index (κ1) is 20.0. The Morgan fingerprint density at radius 3 is 2.92 bits per heavy atom. The smallest absolute Gasteiger partial charge is 0.225 e. The maximum Gasteiger partial charge on any atom is 0.225 e. The van der Waals surface area contributed by atoms with E-state index in [9.17, 15) is 4.79 Å². The lowest BCUT2D eigenvalue weighted by Gasteiger charge is -2.20. The number of ether oxygens (including phenoxy) is 2. The summed E-state index contributed by atoms with van der Waals surface area (Å²) in [5, 5.41) is 6.70. The van der Waals surface area contributed by atoms with E-state index in [1.54, 1.807) is 0 Å². The summed E-state index contributed by atoms with van der Waals surface area (Å²) in [6.07, 6.45) is 3.45. The molecule has 0 radical (unpaired) electrons. The molecular formula is C18H34N4O3. The van der Waals surface area contributed by atoms with Gasteiger partial charge in [-0.05, 0) is 26.2 Å². The lowest BCUT2D eigenvalue weighted by molar-refractivity contribution is -0.133. The van der Waals surface area contributed by atoms with Crippen LogP contribution in [0.1, 0.15) is 40.0 Å². The predicted molar refractivity (Wildman–Crippen MR) is 98.7 cm³/mol. The van der Waals surface area contributed by atoms with Gasteiger partial charge in [-0.25, -0.2) is 0 Å². The summed E-state index contributed by atoms with van der Waals surface area (Å²) in [4.78, 5) is 18.6. The van der Waals surface area contributed by atoms with Crippen LogP contribution in [0.25, 0.3) is 0 Å². The van der Waals surface area contributed by atoms with E-state index in [-0.39, 0.29) is 24.0 Å². The predicted octanol–water partition coefficient (Wildman–Crippen LogP) is 0.994. The van der Waals surface area contributed by atoms with Crippen LogP contribution in [0.3, 0.4) is 0 Å². The van der Waals surface area contributed by atoms with Gasteiger partial charge in [0.2, 0.25) is 5.91 Å². The molecule has 2 aliphatic heterocycles. The van der Waals surface area contributed by atoms with Crippen molar-refractivity contribution < 1.29 is 14.3 Å². The molecule has 2 saturated heterocycles. The van der Waals surface area contributed by atoms with Gasteiger partial charge < -0.3 is 25.0 Å². The van der Waals surface area contributed by atoms with Gasteiger partial charge in [0.1, 0.15) is 0 Å². The Balaban J connectivity index is 1.69. The molecule has 144 valence electrons. The molecular weight excluding hydrogens is 320 g/mol. The first-order valence-electron chi connectivity index (χ1n) is 9.63. The molecule has 0 saturated carbocycles. The minimum absolute atomic E-state index is 0.0571. The Labute approximate surface area is 151 Å². The normalized spacial score (nSPS) is 24.2. The number of aliphatic imine (C=N–C) groups is 1. The number of hydrogen-bond donors (Lipinski definition) is 2. The van der Waals surface area contributed by atoms with Crippen LogP contribution in [0.5, 0.6) is 0 Å². The number of amides is 1. The summed E-state index contributed by atoms with van der Waals surface area (Å²) in [5.74, 6) is 1.09. The van der Waals surface area contributed by atoms with E-state index in [1.165, 1.54) is 0 Å². The molecule has 2 aliphatic rings. The number of rotatable bonds is 8. The number of likely N-dealkylation sites (tertiary alicyclic amines) is 1. The number of hydrogen-bond acceptors (Lipinski definition) is 4. The number of nitrogens with one attached hydrogen (secondary N) is 2. The first-order valence-corrected chi connectivity index (χ1v) is 9.63.